The second-order valence-electron chi connectivity index (χ2n) is 0.558. The fourth-order valence-electron chi connectivity index (χ4n) is 0.0450. The summed E-state index contributed by atoms with van der Waals surface area (Å²) in [4.78, 5) is 12.5. The van der Waals surface area contributed by atoms with Crippen molar-refractivity contribution in [2.75, 3.05) is 0 Å². The van der Waals surface area contributed by atoms with E-state index in [9.17, 15) is 4.79 Å². The average Bonchev–Trinajstić information content (AvgIpc) is 1.35. The SMILES string of the molecule is NC(=O)NOO.[Ti]. The van der Waals surface area contributed by atoms with Crippen LogP contribution in [0, 0.1) is 0 Å². The van der Waals surface area contributed by atoms with Crippen LogP contribution in [-0.2, 0) is 26.7 Å². The van der Waals surface area contributed by atoms with Crippen LogP contribution < -0.4 is 11.2 Å². The fraction of sp³-hybridized carbons (Fsp3) is 0. The van der Waals surface area contributed by atoms with Gasteiger partial charge in [0.1, 0.15) is 0 Å². The number of carbonyl (C=O) groups excluding carboxylic acids is 1. The summed E-state index contributed by atoms with van der Waals surface area (Å²) < 4.78 is 0. The van der Waals surface area contributed by atoms with Crippen molar-refractivity contribution in [1.82, 2.24) is 5.48 Å². The number of primary amides is 1. The van der Waals surface area contributed by atoms with Crippen molar-refractivity contribution in [3.05, 3.63) is 0 Å². The Morgan fingerprint density at radius 1 is 1.86 bits per heavy atom. The molecule has 0 aliphatic rings. The molecule has 5 nitrogen and oxygen atoms in total. The summed E-state index contributed by atoms with van der Waals surface area (Å²) in [7, 11) is 0. The second-order valence-corrected chi connectivity index (χ2v) is 0.558. The van der Waals surface area contributed by atoms with Gasteiger partial charge >= 0.3 is 6.03 Å². The van der Waals surface area contributed by atoms with Crippen LogP contribution in [0.25, 0.3) is 0 Å². The van der Waals surface area contributed by atoms with Crippen LogP contribution in [0.15, 0.2) is 0 Å². The zero-order valence-electron chi connectivity index (χ0n) is 3.34. The molecule has 0 bridgehead atoms. The summed E-state index contributed by atoms with van der Waals surface area (Å²) in [6, 6.07) is -0.933. The molecule has 0 aliphatic carbocycles. The van der Waals surface area contributed by atoms with Gasteiger partial charge in [-0.3, -0.25) is 0 Å². The zero-order chi connectivity index (χ0) is 4.99. The minimum atomic E-state index is -0.933. The third-order valence-corrected chi connectivity index (χ3v) is 0.146. The molecule has 0 saturated heterocycles. The molecule has 0 aliphatic heterocycles. The molecule has 0 atom stereocenters. The van der Waals surface area contributed by atoms with Crippen molar-refractivity contribution in [3.63, 3.8) is 0 Å². The minimum Gasteiger partial charge on any atom is -0.350 e. The van der Waals surface area contributed by atoms with Gasteiger partial charge in [0, 0.05) is 21.7 Å². The Bertz CT molecular complexity index is 56.9. The van der Waals surface area contributed by atoms with Crippen LogP contribution >= 0.6 is 0 Å². The van der Waals surface area contributed by atoms with Gasteiger partial charge in [0.05, 0.1) is 0 Å². The number of hydrogen-bond donors (Lipinski definition) is 3. The van der Waals surface area contributed by atoms with Crippen molar-refractivity contribution >= 4 is 6.03 Å². The van der Waals surface area contributed by atoms with Crippen molar-refractivity contribution < 1.29 is 36.8 Å². The molecule has 0 heterocycles. The number of hydrogen-bond acceptors (Lipinski definition) is 3. The van der Waals surface area contributed by atoms with Crippen LogP contribution in [0.3, 0.4) is 0 Å². The molecule has 0 aromatic rings. The van der Waals surface area contributed by atoms with Crippen molar-refractivity contribution in [1.29, 1.82) is 0 Å². The summed E-state index contributed by atoms with van der Waals surface area (Å²) in [5, 5.41) is 7.32. The van der Waals surface area contributed by atoms with E-state index in [2.05, 4.69) is 10.7 Å². The van der Waals surface area contributed by atoms with Gasteiger partial charge in [-0.25, -0.2) is 10.1 Å². The molecule has 6 heteroatoms. The van der Waals surface area contributed by atoms with E-state index < -0.39 is 6.03 Å². The van der Waals surface area contributed by atoms with E-state index in [0.717, 1.165) is 0 Å². The number of rotatable bonds is 1. The second kappa shape index (κ2) is 5.90. The van der Waals surface area contributed by atoms with E-state index in [1.165, 1.54) is 5.48 Å². The number of carbonyl (C=O) groups is 1. The third-order valence-electron chi connectivity index (χ3n) is 0.146. The molecule has 4 N–H and O–H groups in total. The third kappa shape index (κ3) is 10.7. The Balaban J connectivity index is 0. The van der Waals surface area contributed by atoms with Crippen LogP contribution in [0.4, 0.5) is 4.79 Å². The first-order valence-corrected chi connectivity index (χ1v) is 1.13. The molecule has 0 fully saturated rings. The largest absolute Gasteiger partial charge is 0.350 e. The van der Waals surface area contributed by atoms with E-state index in [0.29, 0.717) is 0 Å². The van der Waals surface area contributed by atoms with Gasteiger partial charge in [-0.05, 0) is 0 Å². The first-order chi connectivity index (χ1) is 2.77. The van der Waals surface area contributed by atoms with Gasteiger partial charge in [-0.2, -0.15) is 5.48 Å². The molecule has 0 unspecified atom stereocenters. The quantitative estimate of drug-likeness (QED) is 0.249. The Morgan fingerprint density at radius 3 is 2.29 bits per heavy atom. The predicted molar refractivity (Wildman–Crippen MR) is 16.4 cm³/mol. The summed E-state index contributed by atoms with van der Waals surface area (Å²) in [6.07, 6.45) is 0. The standard InChI is InChI=1S/CH4N2O3.Ti/c2-1(4)3-6-5;/h5H,(H3,2,3,4);. The number of amides is 2. The molecule has 0 aromatic heterocycles. The van der Waals surface area contributed by atoms with E-state index in [1.54, 1.807) is 0 Å². The first-order valence-electron chi connectivity index (χ1n) is 1.13. The zero-order valence-corrected chi connectivity index (χ0v) is 4.90. The van der Waals surface area contributed by atoms with Crippen LogP contribution in [0.1, 0.15) is 0 Å². The molecule has 0 spiro atoms. The van der Waals surface area contributed by atoms with Gasteiger partial charge in [-0.1, -0.05) is 0 Å². The predicted octanol–water partition coefficient (Wildman–Crippen LogP) is -0.943. The molecule has 7 heavy (non-hydrogen) atoms. The number of nitrogens with one attached hydrogen (secondary N) is 1. The van der Waals surface area contributed by atoms with Crippen LogP contribution in [-0.4, -0.2) is 11.3 Å². The van der Waals surface area contributed by atoms with Crippen LogP contribution in [0.2, 0.25) is 0 Å². The smallest absolute Gasteiger partial charge is 0.338 e. The molecule has 0 saturated carbocycles. The van der Waals surface area contributed by atoms with Crippen molar-refractivity contribution in [2.45, 2.75) is 0 Å². The maximum atomic E-state index is 9.43. The van der Waals surface area contributed by atoms with Gasteiger partial charge in [0.2, 0.25) is 0 Å². The van der Waals surface area contributed by atoms with Gasteiger partial charge < -0.3 is 5.73 Å². The van der Waals surface area contributed by atoms with E-state index >= 15 is 0 Å². The molecular formula is CH4N2O3Ti. The van der Waals surface area contributed by atoms with Crippen molar-refractivity contribution in [3.8, 4) is 0 Å². The Labute approximate surface area is 54.6 Å². The Morgan fingerprint density at radius 2 is 2.29 bits per heavy atom. The van der Waals surface area contributed by atoms with E-state index in [1.807, 2.05) is 0 Å². The monoisotopic (exact) mass is 140 g/mol. The molecular weight excluding hydrogens is 136 g/mol. The molecule has 0 rings (SSSR count). The Hall–Kier alpha value is -0.0957. The topological polar surface area (TPSA) is 84.6 Å². The number of nitrogens with two attached hydrogens (primary N) is 1. The van der Waals surface area contributed by atoms with Gasteiger partial charge in [-0.15, -0.1) is 4.99 Å². The maximum Gasteiger partial charge on any atom is 0.338 e. The average molecular weight is 140 g/mol. The summed E-state index contributed by atoms with van der Waals surface area (Å²) >= 11 is 0. The molecule has 0 aromatic carbocycles. The van der Waals surface area contributed by atoms with E-state index in [-0.39, 0.29) is 21.7 Å². The molecule has 40 valence electrons. The molecule has 2 amide bonds. The number of hydroxylamine groups is 1. The Kier molecular flexibility index (Phi) is 8.44. The first kappa shape index (κ1) is 10.0. The van der Waals surface area contributed by atoms with Crippen LogP contribution in [0.5, 0.6) is 0 Å². The number of urea groups is 1. The van der Waals surface area contributed by atoms with Gasteiger partial charge in [0.15, 0.2) is 0 Å². The fourth-order valence-corrected chi connectivity index (χ4v) is 0.0450. The van der Waals surface area contributed by atoms with E-state index in [4.69, 9.17) is 5.26 Å². The summed E-state index contributed by atoms with van der Waals surface area (Å²) in [5.74, 6) is 0. The van der Waals surface area contributed by atoms with Crippen molar-refractivity contribution in [2.24, 2.45) is 5.73 Å². The summed E-state index contributed by atoms with van der Waals surface area (Å²) in [5.41, 5.74) is 5.77. The summed E-state index contributed by atoms with van der Waals surface area (Å²) in [6.45, 7) is 0. The maximum absolute atomic E-state index is 9.43. The van der Waals surface area contributed by atoms with Gasteiger partial charge in [0.25, 0.3) is 0 Å². The minimum absolute atomic E-state index is 0. The molecule has 0 radical (unpaired) electrons. The normalized spacial score (nSPS) is 6.43.